The molecule has 4 nitrogen and oxygen atoms in total. The number of pyridine rings is 1. The average molecular weight is 451 g/mol. The molecule has 4 aromatic rings. The Labute approximate surface area is 201 Å². The second kappa shape index (κ2) is 9.68. The van der Waals surface area contributed by atoms with Crippen molar-refractivity contribution >= 4 is 16.8 Å². The van der Waals surface area contributed by atoms with Crippen LogP contribution in [0.2, 0.25) is 0 Å². The smallest absolute Gasteiger partial charge is 0.254 e. The molecule has 1 aromatic heterocycles. The van der Waals surface area contributed by atoms with Gasteiger partial charge in [-0.15, -0.1) is 0 Å². The first-order valence-corrected chi connectivity index (χ1v) is 12.0. The molecular formula is C30H30N2O2. The first-order valence-electron chi connectivity index (χ1n) is 12.0. The van der Waals surface area contributed by atoms with Crippen molar-refractivity contribution in [2.75, 3.05) is 20.2 Å². The fourth-order valence-corrected chi connectivity index (χ4v) is 5.06. The van der Waals surface area contributed by atoms with Crippen LogP contribution in [0.1, 0.15) is 34.3 Å². The number of methoxy groups -OCH3 is 1. The van der Waals surface area contributed by atoms with Gasteiger partial charge in [-0.05, 0) is 73.6 Å². The molecule has 4 heteroatoms. The Morgan fingerprint density at radius 1 is 0.941 bits per heavy atom. The van der Waals surface area contributed by atoms with Crippen LogP contribution in [0.3, 0.4) is 0 Å². The highest BCUT2D eigenvalue weighted by atomic mass is 16.5. The van der Waals surface area contributed by atoms with E-state index >= 15 is 0 Å². The number of carbonyl (C=O) groups is 1. The highest BCUT2D eigenvalue weighted by Crippen LogP contribution is 2.32. The first kappa shape index (κ1) is 22.1. The van der Waals surface area contributed by atoms with Crippen molar-refractivity contribution in [3.8, 4) is 17.0 Å². The van der Waals surface area contributed by atoms with Gasteiger partial charge < -0.3 is 9.64 Å². The molecule has 0 N–H and O–H groups in total. The van der Waals surface area contributed by atoms with Crippen molar-refractivity contribution in [3.63, 3.8) is 0 Å². The zero-order chi connectivity index (χ0) is 23.5. The molecule has 1 fully saturated rings. The molecule has 34 heavy (non-hydrogen) atoms. The Morgan fingerprint density at radius 2 is 1.62 bits per heavy atom. The van der Waals surface area contributed by atoms with E-state index in [2.05, 4.69) is 30.3 Å². The molecule has 3 aromatic carbocycles. The van der Waals surface area contributed by atoms with E-state index in [1.807, 2.05) is 60.4 Å². The quantitative estimate of drug-likeness (QED) is 0.358. The minimum Gasteiger partial charge on any atom is -0.497 e. The van der Waals surface area contributed by atoms with Gasteiger partial charge >= 0.3 is 0 Å². The number of carbonyl (C=O) groups excluding carboxylic acids is 1. The van der Waals surface area contributed by atoms with E-state index in [0.29, 0.717) is 5.92 Å². The molecule has 1 saturated heterocycles. The van der Waals surface area contributed by atoms with Crippen LogP contribution in [-0.4, -0.2) is 36.0 Å². The number of benzene rings is 3. The lowest BCUT2D eigenvalue weighted by Gasteiger charge is -2.33. The Balaban J connectivity index is 1.43. The second-order valence-electron chi connectivity index (χ2n) is 9.13. The van der Waals surface area contributed by atoms with E-state index in [4.69, 9.17) is 9.72 Å². The summed E-state index contributed by atoms with van der Waals surface area (Å²) in [6.45, 7) is 3.61. The number of hydrogen-bond donors (Lipinski definition) is 0. The van der Waals surface area contributed by atoms with Crippen molar-refractivity contribution in [3.05, 3.63) is 95.6 Å². The molecule has 1 amide bonds. The number of para-hydroxylation sites is 1. The van der Waals surface area contributed by atoms with E-state index in [-0.39, 0.29) is 5.91 Å². The van der Waals surface area contributed by atoms with Gasteiger partial charge in [0.05, 0.1) is 23.9 Å². The number of rotatable bonds is 5. The summed E-state index contributed by atoms with van der Waals surface area (Å²) in [7, 11) is 1.66. The number of ether oxygens (including phenoxy) is 1. The van der Waals surface area contributed by atoms with Crippen LogP contribution in [0.15, 0.2) is 78.9 Å². The third-order valence-electron chi connectivity index (χ3n) is 6.98. The molecule has 5 rings (SSSR count). The summed E-state index contributed by atoms with van der Waals surface area (Å²) in [5.74, 6) is 1.54. The summed E-state index contributed by atoms with van der Waals surface area (Å²) in [6.07, 6.45) is 3.16. The van der Waals surface area contributed by atoms with Crippen LogP contribution >= 0.6 is 0 Å². The van der Waals surface area contributed by atoms with E-state index in [0.717, 1.165) is 71.4 Å². The molecule has 0 bridgehead atoms. The van der Waals surface area contributed by atoms with Gasteiger partial charge in [0.2, 0.25) is 0 Å². The molecule has 0 aliphatic carbocycles. The number of hydrogen-bond acceptors (Lipinski definition) is 3. The highest BCUT2D eigenvalue weighted by molar-refractivity contribution is 6.08. The topological polar surface area (TPSA) is 42.4 Å². The Kier molecular flexibility index (Phi) is 6.31. The van der Waals surface area contributed by atoms with Gasteiger partial charge in [0.25, 0.3) is 5.91 Å². The number of amides is 1. The predicted octanol–water partition coefficient (Wildman–Crippen LogP) is 6.31. The number of likely N-dealkylation sites (tertiary alicyclic amines) is 1. The predicted molar refractivity (Wildman–Crippen MR) is 137 cm³/mol. The normalized spacial score (nSPS) is 14.4. The number of piperidine rings is 1. The van der Waals surface area contributed by atoms with Crippen molar-refractivity contribution in [2.24, 2.45) is 5.92 Å². The van der Waals surface area contributed by atoms with Crippen molar-refractivity contribution in [1.82, 2.24) is 9.88 Å². The van der Waals surface area contributed by atoms with Gasteiger partial charge in [-0.25, -0.2) is 4.98 Å². The molecule has 0 unspecified atom stereocenters. The van der Waals surface area contributed by atoms with Crippen molar-refractivity contribution < 1.29 is 9.53 Å². The number of nitrogens with zero attached hydrogens (tertiary/aromatic N) is 2. The fourth-order valence-electron chi connectivity index (χ4n) is 5.06. The Morgan fingerprint density at radius 3 is 2.32 bits per heavy atom. The fraction of sp³-hybridized carbons (Fsp3) is 0.267. The zero-order valence-electron chi connectivity index (χ0n) is 19.8. The van der Waals surface area contributed by atoms with Crippen LogP contribution < -0.4 is 4.74 Å². The maximum atomic E-state index is 13.9. The summed E-state index contributed by atoms with van der Waals surface area (Å²) in [5, 5.41) is 0.925. The first-order chi connectivity index (χ1) is 16.6. The van der Waals surface area contributed by atoms with Crippen LogP contribution in [0.4, 0.5) is 0 Å². The second-order valence-corrected chi connectivity index (χ2v) is 9.13. The molecule has 2 heterocycles. The summed E-state index contributed by atoms with van der Waals surface area (Å²) in [6, 6.07) is 26.5. The maximum Gasteiger partial charge on any atom is 0.254 e. The van der Waals surface area contributed by atoms with Crippen molar-refractivity contribution in [2.45, 2.75) is 26.2 Å². The number of aromatic nitrogens is 1. The summed E-state index contributed by atoms with van der Waals surface area (Å²) < 4.78 is 5.31. The molecule has 1 aliphatic heterocycles. The SMILES string of the molecule is COc1ccc(-c2nc3ccccc3c(C(=O)N3CCC(Cc4ccccc4)CC3)c2C)cc1. The minimum atomic E-state index is 0.115. The lowest BCUT2D eigenvalue weighted by molar-refractivity contribution is 0.0692. The summed E-state index contributed by atoms with van der Waals surface area (Å²) in [4.78, 5) is 20.8. The monoisotopic (exact) mass is 450 g/mol. The van der Waals surface area contributed by atoms with Crippen LogP contribution in [0.5, 0.6) is 5.75 Å². The van der Waals surface area contributed by atoms with Gasteiger partial charge in [-0.1, -0.05) is 48.5 Å². The van der Waals surface area contributed by atoms with Crippen LogP contribution in [0, 0.1) is 12.8 Å². The van der Waals surface area contributed by atoms with Crippen LogP contribution in [-0.2, 0) is 6.42 Å². The van der Waals surface area contributed by atoms with Gasteiger partial charge in [-0.2, -0.15) is 0 Å². The maximum absolute atomic E-state index is 13.9. The standard InChI is InChI=1S/C30H30N2O2/c1-21-28(30(33)32-18-16-23(17-19-32)20-22-8-4-3-5-9-22)26-10-6-7-11-27(26)31-29(21)24-12-14-25(34-2)15-13-24/h3-15,23H,16-20H2,1-2H3. The molecule has 0 saturated carbocycles. The summed E-state index contributed by atoms with van der Waals surface area (Å²) in [5.41, 5.74) is 5.77. The zero-order valence-corrected chi connectivity index (χ0v) is 19.8. The van der Waals surface area contributed by atoms with E-state index in [1.165, 1.54) is 5.56 Å². The third-order valence-corrected chi connectivity index (χ3v) is 6.98. The Hall–Kier alpha value is -3.66. The minimum absolute atomic E-state index is 0.115. The molecule has 172 valence electrons. The highest BCUT2D eigenvalue weighted by Gasteiger charge is 2.27. The van der Waals surface area contributed by atoms with Crippen LogP contribution in [0.25, 0.3) is 22.2 Å². The number of fused-ring (bicyclic) bond motifs is 1. The molecule has 0 spiro atoms. The third kappa shape index (κ3) is 4.41. The lowest BCUT2D eigenvalue weighted by atomic mass is 9.89. The van der Waals surface area contributed by atoms with E-state index in [1.54, 1.807) is 7.11 Å². The van der Waals surface area contributed by atoms with Gasteiger partial charge in [0.15, 0.2) is 0 Å². The van der Waals surface area contributed by atoms with Gasteiger partial charge in [-0.3, -0.25) is 4.79 Å². The largest absolute Gasteiger partial charge is 0.497 e. The Bertz CT molecular complexity index is 1290. The summed E-state index contributed by atoms with van der Waals surface area (Å²) >= 11 is 0. The molecule has 0 atom stereocenters. The van der Waals surface area contributed by atoms with Gasteiger partial charge in [0, 0.05) is 24.0 Å². The molecule has 0 radical (unpaired) electrons. The average Bonchev–Trinajstić information content (AvgIpc) is 2.89. The molecular weight excluding hydrogens is 420 g/mol. The molecule has 1 aliphatic rings. The van der Waals surface area contributed by atoms with Gasteiger partial charge in [0.1, 0.15) is 5.75 Å². The van der Waals surface area contributed by atoms with Crippen molar-refractivity contribution in [1.29, 1.82) is 0 Å². The van der Waals surface area contributed by atoms with E-state index < -0.39 is 0 Å². The van der Waals surface area contributed by atoms with E-state index in [9.17, 15) is 4.79 Å². The lowest BCUT2D eigenvalue weighted by Crippen LogP contribution is -2.39.